The topological polar surface area (TPSA) is 56.5 Å². The van der Waals surface area contributed by atoms with Crippen molar-refractivity contribution in [2.75, 3.05) is 0 Å². The van der Waals surface area contributed by atoms with Crippen LogP contribution in [0.4, 0.5) is 0 Å². The maximum atomic E-state index is 13.2. The summed E-state index contributed by atoms with van der Waals surface area (Å²) in [5, 5.41) is 0.904. The van der Waals surface area contributed by atoms with Crippen molar-refractivity contribution in [3.05, 3.63) is 98.7 Å². The molecule has 0 radical (unpaired) electrons. The number of hydrogen-bond acceptors (Lipinski definition) is 4. The van der Waals surface area contributed by atoms with Crippen LogP contribution in [0.3, 0.4) is 0 Å². The first kappa shape index (κ1) is 19.0. The third kappa shape index (κ3) is 3.67. The minimum Gasteiger partial charge on any atom is -0.452 e. The summed E-state index contributed by atoms with van der Waals surface area (Å²) in [6, 6.07) is 19.2. The van der Waals surface area contributed by atoms with E-state index in [2.05, 4.69) is 0 Å². The van der Waals surface area contributed by atoms with Crippen molar-refractivity contribution in [1.29, 1.82) is 0 Å². The normalized spacial score (nSPS) is 10.9. The number of rotatable bonds is 3. The Labute approximate surface area is 172 Å². The highest BCUT2D eigenvalue weighted by Crippen LogP contribution is 2.32. The molecular formula is C24H17ClO4. The first-order valence-corrected chi connectivity index (χ1v) is 9.43. The minimum atomic E-state index is -0.613. The average Bonchev–Trinajstić information content (AvgIpc) is 2.71. The molecule has 4 aromatic rings. The van der Waals surface area contributed by atoms with Crippen LogP contribution < -0.4 is 10.2 Å². The largest absolute Gasteiger partial charge is 0.452 e. The fourth-order valence-corrected chi connectivity index (χ4v) is 3.25. The Hall–Kier alpha value is -3.37. The fraction of sp³-hybridized carbons (Fsp3) is 0.0833. The molecule has 5 heteroatoms. The second kappa shape index (κ2) is 7.57. The van der Waals surface area contributed by atoms with Gasteiger partial charge in [0.05, 0.1) is 10.9 Å². The van der Waals surface area contributed by atoms with Gasteiger partial charge in [-0.05, 0) is 61.9 Å². The second-order valence-corrected chi connectivity index (χ2v) is 7.24. The molecule has 0 atom stereocenters. The molecule has 29 heavy (non-hydrogen) atoms. The highest BCUT2D eigenvalue weighted by molar-refractivity contribution is 6.30. The van der Waals surface area contributed by atoms with Gasteiger partial charge in [0.1, 0.15) is 5.58 Å². The zero-order valence-electron chi connectivity index (χ0n) is 15.9. The third-order valence-electron chi connectivity index (χ3n) is 4.67. The number of carbonyl (C=O) groups excluding carboxylic acids is 1. The zero-order valence-corrected chi connectivity index (χ0v) is 16.6. The van der Waals surface area contributed by atoms with Crippen molar-refractivity contribution >= 4 is 28.5 Å². The summed E-state index contributed by atoms with van der Waals surface area (Å²) in [5.41, 5.74) is 2.65. The molecule has 3 aromatic carbocycles. The maximum Gasteiger partial charge on any atom is 0.344 e. The monoisotopic (exact) mass is 404 g/mol. The Morgan fingerprint density at radius 2 is 1.69 bits per heavy atom. The number of fused-ring (bicyclic) bond motifs is 1. The standard InChI is InChI=1S/C24H17ClO4/c1-14-7-12-20-19(13-14)21(26)23(22(28-20)16-8-10-17(25)11-9-16)29-24(27)18-6-4-3-5-15(18)2/h3-13H,1-2H3. The minimum absolute atomic E-state index is 0.140. The van der Waals surface area contributed by atoms with Gasteiger partial charge in [-0.2, -0.15) is 0 Å². The first-order valence-electron chi connectivity index (χ1n) is 9.05. The van der Waals surface area contributed by atoms with Gasteiger partial charge in [-0.25, -0.2) is 4.79 Å². The van der Waals surface area contributed by atoms with Crippen molar-refractivity contribution < 1.29 is 13.9 Å². The Kier molecular flexibility index (Phi) is 4.95. The van der Waals surface area contributed by atoms with Crippen molar-refractivity contribution in [2.45, 2.75) is 13.8 Å². The SMILES string of the molecule is Cc1ccc2oc(-c3ccc(Cl)cc3)c(OC(=O)c3ccccc3C)c(=O)c2c1. The Morgan fingerprint density at radius 1 is 0.966 bits per heavy atom. The molecule has 0 unspecified atom stereocenters. The van der Waals surface area contributed by atoms with Crippen LogP contribution in [-0.4, -0.2) is 5.97 Å². The van der Waals surface area contributed by atoms with E-state index in [1.165, 1.54) is 0 Å². The van der Waals surface area contributed by atoms with Crippen molar-refractivity contribution in [2.24, 2.45) is 0 Å². The van der Waals surface area contributed by atoms with Gasteiger partial charge in [0.2, 0.25) is 11.2 Å². The van der Waals surface area contributed by atoms with E-state index in [0.29, 0.717) is 27.1 Å². The van der Waals surface area contributed by atoms with E-state index in [0.717, 1.165) is 11.1 Å². The average molecular weight is 405 g/mol. The van der Waals surface area contributed by atoms with Gasteiger partial charge in [0, 0.05) is 10.6 Å². The number of esters is 1. The van der Waals surface area contributed by atoms with Crippen LogP contribution >= 0.6 is 11.6 Å². The summed E-state index contributed by atoms with van der Waals surface area (Å²) < 4.78 is 11.6. The molecule has 0 aliphatic rings. The van der Waals surface area contributed by atoms with Gasteiger partial charge in [0.15, 0.2) is 5.76 Å². The van der Waals surface area contributed by atoms with Crippen molar-refractivity contribution in [3.63, 3.8) is 0 Å². The lowest BCUT2D eigenvalue weighted by molar-refractivity contribution is 0.0730. The van der Waals surface area contributed by atoms with Crippen LogP contribution in [-0.2, 0) is 0 Å². The van der Waals surface area contributed by atoms with Crippen LogP contribution in [0.1, 0.15) is 21.5 Å². The Bertz CT molecular complexity index is 1290. The summed E-state index contributed by atoms with van der Waals surface area (Å²) in [5.74, 6) is -0.568. The van der Waals surface area contributed by atoms with Crippen LogP contribution in [0.15, 0.2) is 75.9 Å². The summed E-state index contributed by atoms with van der Waals surface area (Å²) in [6.07, 6.45) is 0. The van der Waals surface area contributed by atoms with Gasteiger partial charge >= 0.3 is 5.97 Å². The Morgan fingerprint density at radius 3 is 2.41 bits per heavy atom. The predicted molar refractivity (Wildman–Crippen MR) is 114 cm³/mol. The van der Waals surface area contributed by atoms with Crippen LogP contribution in [0.25, 0.3) is 22.3 Å². The maximum absolute atomic E-state index is 13.2. The molecule has 1 aromatic heterocycles. The fourth-order valence-electron chi connectivity index (χ4n) is 3.13. The van der Waals surface area contributed by atoms with E-state index in [4.69, 9.17) is 20.8 Å². The molecule has 0 N–H and O–H groups in total. The summed E-state index contributed by atoms with van der Waals surface area (Å²) in [4.78, 5) is 26.0. The first-order chi connectivity index (χ1) is 13.9. The van der Waals surface area contributed by atoms with Crippen LogP contribution in [0.5, 0.6) is 5.75 Å². The lowest BCUT2D eigenvalue weighted by atomic mass is 10.1. The van der Waals surface area contributed by atoms with E-state index in [1.807, 2.05) is 32.0 Å². The molecule has 4 rings (SSSR count). The molecule has 0 saturated carbocycles. The molecule has 0 fully saturated rings. The quantitative estimate of drug-likeness (QED) is 0.396. The highest BCUT2D eigenvalue weighted by Gasteiger charge is 2.22. The van der Waals surface area contributed by atoms with Gasteiger partial charge in [0.25, 0.3) is 0 Å². The lowest BCUT2D eigenvalue weighted by Crippen LogP contribution is -2.17. The molecule has 1 heterocycles. The smallest absolute Gasteiger partial charge is 0.344 e. The van der Waals surface area contributed by atoms with E-state index in [1.54, 1.807) is 48.5 Å². The Balaban J connectivity index is 1.92. The van der Waals surface area contributed by atoms with Crippen LogP contribution in [0.2, 0.25) is 5.02 Å². The molecule has 0 aliphatic carbocycles. The number of benzene rings is 3. The van der Waals surface area contributed by atoms with Gasteiger partial charge < -0.3 is 9.15 Å². The van der Waals surface area contributed by atoms with Crippen molar-refractivity contribution in [3.8, 4) is 17.1 Å². The molecule has 0 bridgehead atoms. The number of hydrogen-bond donors (Lipinski definition) is 0. The third-order valence-corrected chi connectivity index (χ3v) is 4.92. The van der Waals surface area contributed by atoms with Gasteiger partial charge in [-0.15, -0.1) is 0 Å². The van der Waals surface area contributed by atoms with Crippen LogP contribution in [0, 0.1) is 13.8 Å². The van der Waals surface area contributed by atoms with Gasteiger partial charge in [-0.1, -0.05) is 41.4 Å². The zero-order chi connectivity index (χ0) is 20.5. The number of carbonyl (C=O) groups is 1. The number of aryl methyl sites for hydroxylation is 2. The van der Waals surface area contributed by atoms with E-state index in [-0.39, 0.29) is 11.5 Å². The lowest BCUT2D eigenvalue weighted by Gasteiger charge is -2.12. The molecule has 0 spiro atoms. The molecular weight excluding hydrogens is 388 g/mol. The number of halogens is 1. The molecule has 0 aliphatic heterocycles. The molecule has 144 valence electrons. The molecule has 0 saturated heterocycles. The summed E-state index contributed by atoms with van der Waals surface area (Å²) >= 11 is 5.99. The van der Waals surface area contributed by atoms with Gasteiger partial charge in [-0.3, -0.25) is 4.79 Å². The van der Waals surface area contributed by atoms with Crippen molar-refractivity contribution in [1.82, 2.24) is 0 Å². The summed E-state index contributed by atoms with van der Waals surface area (Å²) in [7, 11) is 0. The summed E-state index contributed by atoms with van der Waals surface area (Å²) in [6.45, 7) is 3.69. The second-order valence-electron chi connectivity index (χ2n) is 6.80. The predicted octanol–water partition coefficient (Wildman–Crippen LogP) is 5.95. The molecule has 0 amide bonds. The number of ether oxygens (including phenoxy) is 1. The highest BCUT2D eigenvalue weighted by atomic mass is 35.5. The van der Waals surface area contributed by atoms with E-state index in [9.17, 15) is 9.59 Å². The molecule has 4 nitrogen and oxygen atoms in total. The van der Waals surface area contributed by atoms with E-state index < -0.39 is 11.4 Å². The van der Waals surface area contributed by atoms with E-state index >= 15 is 0 Å².